The van der Waals surface area contributed by atoms with Crippen molar-refractivity contribution in [2.24, 2.45) is 0 Å². The normalized spacial score (nSPS) is 11.0. The highest BCUT2D eigenvalue weighted by Crippen LogP contribution is 2.22. The SMILES string of the molecule is CC#N.CCC[N+](CCC)(CCC)CCc1c[nH]c2ccc(C)cc12. The van der Waals surface area contributed by atoms with Gasteiger partial charge in [0.2, 0.25) is 0 Å². The van der Waals surface area contributed by atoms with Crippen LogP contribution >= 0.6 is 0 Å². The summed E-state index contributed by atoms with van der Waals surface area (Å²) in [6.07, 6.45) is 7.26. The van der Waals surface area contributed by atoms with Crippen molar-refractivity contribution in [1.29, 1.82) is 5.26 Å². The Kier molecular flexibility index (Phi) is 9.31. The molecule has 0 aliphatic carbocycles. The molecule has 0 saturated carbocycles. The van der Waals surface area contributed by atoms with Crippen LogP contribution in [-0.4, -0.2) is 35.6 Å². The highest BCUT2D eigenvalue weighted by molar-refractivity contribution is 5.83. The molecule has 1 N–H and O–H groups in total. The van der Waals surface area contributed by atoms with E-state index in [-0.39, 0.29) is 0 Å². The number of nitrogens with one attached hydrogen (secondary N) is 1. The van der Waals surface area contributed by atoms with Crippen molar-refractivity contribution in [3.8, 4) is 6.07 Å². The third-order valence-electron chi connectivity index (χ3n) is 4.87. The largest absolute Gasteiger partial charge is 0.361 e. The summed E-state index contributed by atoms with van der Waals surface area (Å²) in [6.45, 7) is 15.8. The second-order valence-electron chi connectivity index (χ2n) is 7.07. The van der Waals surface area contributed by atoms with Crippen LogP contribution in [-0.2, 0) is 6.42 Å². The monoisotopic (exact) mass is 342 g/mol. The zero-order valence-electron chi connectivity index (χ0n) is 16.9. The Bertz CT molecular complexity index is 646. The number of benzene rings is 1. The van der Waals surface area contributed by atoms with E-state index in [1.165, 1.54) is 85.3 Å². The van der Waals surface area contributed by atoms with Gasteiger partial charge in [-0.2, -0.15) is 5.26 Å². The van der Waals surface area contributed by atoms with Gasteiger partial charge in [0, 0.05) is 30.4 Å². The minimum atomic E-state index is 1.18. The summed E-state index contributed by atoms with van der Waals surface area (Å²) in [7, 11) is 0. The minimum Gasteiger partial charge on any atom is -0.361 e. The molecule has 2 aromatic rings. The first kappa shape index (κ1) is 21.3. The van der Waals surface area contributed by atoms with Gasteiger partial charge in [0.25, 0.3) is 0 Å². The molecule has 0 spiro atoms. The lowest BCUT2D eigenvalue weighted by Gasteiger charge is -2.38. The Morgan fingerprint density at radius 3 is 2.08 bits per heavy atom. The van der Waals surface area contributed by atoms with Crippen LogP contribution in [0, 0.1) is 18.3 Å². The van der Waals surface area contributed by atoms with E-state index in [1.807, 2.05) is 0 Å². The lowest BCUT2D eigenvalue weighted by molar-refractivity contribution is -0.928. The number of aromatic amines is 1. The summed E-state index contributed by atoms with van der Waals surface area (Å²) < 4.78 is 1.29. The molecule has 3 heteroatoms. The lowest BCUT2D eigenvalue weighted by Crippen LogP contribution is -2.51. The van der Waals surface area contributed by atoms with Gasteiger partial charge in [-0.3, -0.25) is 0 Å². The highest BCUT2D eigenvalue weighted by atomic mass is 15.3. The molecule has 0 aliphatic heterocycles. The molecule has 25 heavy (non-hydrogen) atoms. The fourth-order valence-corrected chi connectivity index (χ4v) is 3.95. The summed E-state index contributed by atoms with van der Waals surface area (Å²) >= 11 is 0. The van der Waals surface area contributed by atoms with Gasteiger partial charge in [-0.1, -0.05) is 32.4 Å². The van der Waals surface area contributed by atoms with Crippen LogP contribution in [0.25, 0.3) is 10.9 Å². The maximum Gasteiger partial charge on any atom is 0.0828 e. The molecule has 1 aromatic heterocycles. The first-order valence-electron chi connectivity index (χ1n) is 9.78. The first-order valence-corrected chi connectivity index (χ1v) is 9.78. The molecule has 0 fully saturated rings. The maximum absolute atomic E-state index is 7.32. The van der Waals surface area contributed by atoms with Crippen LogP contribution in [0.15, 0.2) is 24.4 Å². The lowest BCUT2D eigenvalue weighted by atomic mass is 10.1. The van der Waals surface area contributed by atoms with E-state index in [0.717, 1.165) is 0 Å². The van der Waals surface area contributed by atoms with E-state index < -0.39 is 0 Å². The van der Waals surface area contributed by atoms with Crippen molar-refractivity contribution in [1.82, 2.24) is 4.98 Å². The number of nitriles is 1. The van der Waals surface area contributed by atoms with Crippen molar-refractivity contribution >= 4 is 10.9 Å². The average Bonchev–Trinajstić information content (AvgIpc) is 2.97. The van der Waals surface area contributed by atoms with Crippen molar-refractivity contribution in [2.75, 3.05) is 26.2 Å². The molecule has 0 aliphatic rings. The number of rotatable bonds is 9. The first-order chi connectivity index (χ1) is 12.1. The quantitative estimate of drug-likeness (QED) is 0.592. The van der Waals surface area contributed by atoms with Gasteiger partial charge in [0.05, 0.1) is 32.2 Å². The molecule has 0 bridgehead atoms. The maximum atomic E-state index is 7.32. The van der Waals surface area contributed by atoms with Gasteiger partial charge in [-0.05, 0) is 43.9 Å². The molecule has 0 amide bonds. The Balaban J connectivity index is 0.000000970. The van der Waals surface area contributed by atoms with Crippen LogP contribution < -0.4 is 0 Å². The Morgan fingerprint density at radius 1 is 1.00 bits per heavy atom. The summed E-state index contributed by atoms with van der Waals surface area (Å²) in [4.78, 5) is 3.44. The standard InChI is InChI=1S/C20H33N2.C2H3N/c1-5-11-22(12-6-2,13-7-3)14-10-18-16-21-20-9-8-17(4)15-19(18)20;1-2-3/h8-9,15-16,21H,5-7,10-14H2,1-4H3;1H3/q+1;. The summed E-state index contributed by atoms with van der Waals surface area (Å²) in [5.41, 5.74) is 4.12. The zero-order chi connectivity index (χ0) is 18.7. The number of hydrogen-bond acceptors (Lipinski definition) is 1. The van der Waals surface area contributed by atoms with Crippen LogP contribution in [0.4, 0.5) is 0 Å². The zero-order valence-corrected chi connectivity index (χ0v) is 16.9. The molecule has 2 rings (SSSR count). The molecule has 0 saturated heterocycles. The van der Waals surface area contributed by atoms with Crippen LogP contribution in [0.2, 0.25) is 0 Å². The van der Waals surface area contributed by atoms with E-state index in [1.54, 1.807) is 6.07 Å². The Morgan fingerprint density at radius 2 is 1.56 bits per heavy atom. The molecular weight excluding hydrogens is 306 g/mol. The number of quaternary nitrogens is 1. The fourth-order valence-electron chi connectivity index (χ4n) is 3.95. The molecule has 138 valence electrons. The highest BCUT2D eigenvalue weighted by Gasteiger charge is 2.24. The second kappa shape index (κ2) is 10.9. The fraction of sp³-hybridized carbons (Fsp3) is 0.591. The van der Waals surface area contributed by atoms with Gasteiger partial charge in [0.15, 0.2) is 0 Å². The number of aryl methyl sites for hydroxylation is 1. The molecule has 0 unspecified atom stereocenters. The minimum absolute atomic E-state index is 1.18. The summed E-state index contributed by atoms with van der Waals surface area (Å²) in [5, 5.41) is 8.74. The van der Waals surface area contributed by atoms with E-state index in [4.69, 9.17) is 5.26 Å². The molecule has 3 nitrogen and oxygen atoms in total. The summed E-state index contributed by atoms with van der Waals surface area (Å²) in [6, 6.07) is 8.48. The van der Waals surface area contributed by atoms with Crippen molar-refractivity contribution in [3.63, 3.8) is 0 Å². The van der Waals surface area contributed by atoms with Crippen molar-refractivity contribution < 1.29 is 4.48 Å². The molecule has 1 heterocycles. The Hall–Kier alpha value is -1.79. The van der Waals surface area contributed by atoms with Gasteiger partial charge in [-0.25, -0.2) is 0 Å². The summed E-state index contributed by atoms with van der Waals surface area (Å²) in [5.74, 6) is 0. The number of aromatic nitrogens is 1. The predicted octanol–water partition coefficient (Wildman–Crippen LogP) is 5.60. The molecule has 0 atom stereocenters. The third-order valence-corrected chi connectivity index (χ3v) is 4.87. The number of fused-ring (bicyclic) bond motifs is 1. The third kappa shape index (κ3) is 6.21. The van der Waals surface area contributed by atoms with Crippen LogP contribution in [0.5, 0.6) is 0 Å². The Labute approximate surface area is 154 Å². The van der Waals surface area contributed by atoms with Gasteiger partial charge in [-0.15, -0.1) is 0 Å². The van der Waals surface area contributed by atoms with E-state index in [9.17, 15) is 0 Å². The number of hydrogen-bond donors (Lipinski definition) is 1. The predicted molar refractivity (Wildman–Crippen MR) is 109 cm³/mol. The molecule has 0 radical (unpaired) electrons. The number of nitrogens with zero attached hydrogens (tertiary/aromatic N) is 2. The van der Waals surface area contributed by atoms with Crippen LogP contribution in [0.3, 0.4) is 0 Å². The smallest absolute Gasteiger partial charge is 0.0828 e. The molecule has 1 aromatic carbocycles. The topological polar surface area (TPSA) is 39.6 Å². The van der Waals surface area contributed by atoms with E-state index >= 15 is 0 Å². The van der Waals surface area contributed by atoms with Crippen molar-refractivity contribution in [3.05, 3.63) is 35.5 Å². The molecular formula is C22H36N3+. The average molecular weight is 343 g/mol. The van der Waals surface area contributed by atoms with Gasteiger partial charge >= 0.3 is 0 Å². The number of H-pyrrole nitrogens is 1. The van der Waals surface area contributed by atoms with Crippen molar-refractivity contribution in [2.45, 2.75) is 60.3 Å². The van der Waals surface area contributed by atoms with Gasteiger partial charge < -0.3 is 9.47 Å². The van der Waals surface area contributed by atoms with E-state index in [2.05, 4.69) is 57.1 Å². The van der Waals surface area contributed by atoms with Gasteiger partial charge in [0.1, 0.15) is 0 Å². The van der Waals surface area contributed by atoms with Crippen LogP contribution in [0.1, 0.15) is 58.1 Å². The second-order valence-corrected chi connectivity index (χ2v) is 7.07. The van der Waals surface area contributed by atoms with E-state index in [0.29, 0.717) is 0 Å².